The van der Waals surface area contributed by atoms with Gasteiger partial charge in [0.2, 0.25) is 0 Å². The highest BCUT2D eigenvalue weighted by atomic mass is 19.1. The van der Waals surface area contributed by atoms with Gasteiger partial charge >= 0.3 is 0 Å². The van der Waals surface area contributed by atoms with E-state index in [1.54, 1.807) is 0 Å². The fraction of sp³-hybridized carbons (Fsp3) is 0.0714. The van der Waals surface area contributed by atoms with Crippen molar-refractivity contribution in [1.29, 1.82) is 0 Å². The number of ketones is 1. The lowest BCUT2D eigenvalue weighted by Crippen LogP contribution is -2.05. The van der Waals surface area contributed by atoms with Crippen LogP contribution in [0, 0.1) is 11.6 Å². The van der Waals surface area contributed by atoms with Crippen molar-refractivity contribution >= 4 is 5.78 Å². The molecule has 0 aromatic heterocycles. The molecule has 2 rings (SSSR count). The zero-order valence-electron chi connectivity index (χ0n) is 9.61. The van der Waals surface area contributed by atoms with Crippen LogP contribution in [0.15, 0.2) is 42.5 Å². The second-order valence-corrected chi connectivity index (χ2v) is 3.66. The molecule has 0 saturated heterocycles. The van der Waals surface area contributed by atoms with Crippen molar-refractivity contribution in [2.24, 2.45) is 0 Å². The third-order valence-corrected chi connectivity index (χ3v) is 2.53. The second-order valence-electron chi connectivity index (χ2n) is 3.66. The quantitative estimate of drug-likeness (QED) is 0.780. The molecule has 0 aliphatic heterocycles. The van der Waals surface area contributed by atoms with Crippen LogP contribution < -0.4 is 4.74 Å². The Balaban J connectivity index is 2.43. The van der Waals surface area contributed by atoms with Gasteiger partial charge in [0.05, 0.1) is 12.7 Å². The molecule has 0 radical (unpaired) electrons. The van der Waals surface area contributed by atoms with Gasteiger partial charge in [0.15, 0.2) is 17.3 Å². The summed E-state index contributed by atoms with van der Waals surface area (Å²) in [4.78, 5) is 12.0. The summed E-state index contributed by atoms with van der Waals surface area (Å²) >= 11 is 0. The molecule has 0 spiro atoms. The highest BCUT2D eigenvalue weighted by Crippen LogP contribution is 2.22. The third-order valence-electron chi connectivity index (χ3n) is 2.53. The molecule has 2 nitrogen and oxygen atoms in total. The zero-order chi connectivity index (χ0) is 13.1. The van der Waals surface area contributed by atoms with Crippen LogP contribution in [0.3, 0.4) is 0 Å². The number of rotatable bonds is 3. The topological polar surface area (TPSA) is 26.3 Å². The maximum Gasteiger partial charge on any atom is 0.196 e. The van der Waals surface area contributed by atoms with Crippen LogP contribution in [0.1, 0.15) is 15.9 Å². The van der Waals surface area contributed by atoms with Gasteiger partial charge in [-0.1, -0.05) is 6.07 Å². The van der Waals surface area contributed by atoms with E-state index in [9.17, 15) is 13.6 Å². The molecule has 0 unspecified atom stereocenters. The Morgan fingerprint density at radius 3 is 2.33 bits per heavy atom. The van der Waals surface area contributed by atoms with E-state index in [4.69, 9.17) is 4.74 Å². The standard InChI is InChI=1S/C14H10F2O2/c1-18-12-4-2-3-11(13(12)16)14(17)9-5-7-10(15)8-6-9/h2-8H,1H3. The maximum absolute atomic E-state index is 13.9. The molecule has 0 amide bonds. The monoisotopic (exact) mass is 248 g/mol. The van der Waals surface area contributed by atoms with Gasteiger partial charge in [0.1, 0.15) is 5.82 Å². The van der Waals surface area contributed by atoms with Crippen LogP contribution in [0.25, 0.3) is 0 Å². The van der Waals surface area contributed by atoms with Crippen molar-refractivity contribution in [3.63, 3.8) is 0 Å². The maximum atomic E-state index is 13.9. The third kappa shape index (κ3) is 2.22. The molecule has 2 aromatic rings. The van der Waals surface area contributed by atoms with E-state index < -0.39 is 17.4 Å². The molecule has 2 aromatic carbocycles. The van der Waals surface area contributed by atoms with Crippen molar-refractivity contribution in [2.75, 3.05) is 7.11 Å². The van der Waals surface area contributed by atoms with Gasteiger partial charge in [-0.2, -0.15) is 0 Å². The fourth-order valence-corrected chi connectivity index (χ4v) is 1.60. The van der Waals surface area contributed by atoms with Crippen LogP contribution in [0.4, 0.5) is 8.78 Å². The fourth-order valence-electron chi connectivity index (χ4n) is 1.60. The number of hydrogen-bond donors (Lipinski definition) is 0. The van der Waals surface area contributed by atoms with Crippen molar-refractivity contribution in [3.05, 3.63) is 65.2 Å². The van der Waals surface area contributed by atoms with E-state index in [1.807, 2.05) is 0 Å². The minimum absolute atomic E-state index is 0.00274. The minimum atomic E-state index is -0.714. The molecule has 0 aliphatic carbocycles. The lowest BCUT2D eigenvalue weighted by Gasteiger charge is -2.06. The average Bonchev–Trinajstić information content (AvgIpc) is 2.39. The first-order valence-corrected chi connectivity index (χ1v) is 5.26. The molecule has 0 heterocycles. The zero-order valence-corrected chi connectivity index (χ0v) is 9.61. The van der Waals surface area contributed by atoms with E-state index in [-0.39, 0.29) is 16.9 Å². The van der Waals surface area contributed by atoms with Gasteiger partial charge in [-0.15, -0.1) is 0 Å². The van der Waals surface area contributed by atoms with E-state index in [0.29, 0.717) is 0 Å². The Bertz CT molecular complexity index is 577. The normalized spacial score (nSPS) is 10.2. The molecule has 0 atom stereocenters. The Morgan fingerprint density at radius 1 is 1.06 bits per heavy atom. The first-order chi connectivity index (χ1) is 8.63. The summed E-state index contributed by atoms with van der Waals surface area (Å²) in [7, 11) is 1.32. The van der Waals surface area contributed by atoms with Gasteiger partial charge in [-0.3, -0.25) is 4.79 Å². The summed E-state index contributed by atoms with van der Waals surface area (Å²) in [6.07, 6.45) is 0. The number of methoxy groups -OCH3 is 1. The largest absolute Gasteiger partial charge is 0.494 e. The number of benzene rings is 2. The van der Waals surface area contributed by atoms with E-state index in [2.05, 4.69) is 0 Å². The lowest BCUT2D eigenvalue weighted by atomic mass is 10.0. The van der Waals surface area contributed by atoms with Gasteiger partial charge in [0, 0.05) is 5.56 Å². The lowest BCUT2D eigenvalue weighted by molar-refractivity contribution is 0.103. The molecular weight excluding hydrogens is 238 g/mol. The number of hydrogen-bond acceptors (Lipinski definition) is 2. The Labute approximate surface area is 103 Å². The highest BCUT2D eigenvalue weighted by molar-refractivity contribution is 6.09. The van der Waals surface area contributed by atoms with Gasteiger partial charge in [-0.25, -0.2) is 8.78 Å². The van der Waals surface area contributed by atoms with E-state index in [0.717, 1.165) is 12.1 Å². The average molecular weight is 248 g/mol. The molecule has 0 bridgehead atoms. The predicted octanol–water partition coefficient (Wildman–Crippen LogP) is 3.20. The Kier molecular flexibility index (Phi) is 3.37. The number of ether oxygens (including phenoxy) is 1. The van der Waals surface area contributed by atoms with Crippen molar-refractivity contribution in [2.45, 2.75) is 0 Å². The van der Waals surface area contributed by atoms with Crippen molar-refractivity contribution < 1.29 is 18.3 Å². The minimum Gasteiger partial charge on any atom is -0.494 e. The molecule has 0 N–H and O–H groups in total. The number of carbonyl (C=O) groups is 1. The van der Waals surface area contributed by atoms with Crippen LogP contribution in [0.5, 0.6) is 5.75 Å². The van der Waals surface area contributed by atoms with Crippen molar-refractivity contribution in [3.8, 4) is 5.75 Å². The SMILES string of the molecule is COc1cccc(C(=O)c2ccc(F)cc2)c1F. The molecular formula is C14H10F2O2. The second kappa shape index (κ2) is 4.96. The summed E-state index contributed by atoms with van der Waals surface area (Å²) in [5.74, 6) is -1.67. The predicted molar refractivity (Wildman–Crippen MR) is 62.8 cm³/mol. The van der Waals surface area contributed by atoms with E-state index >= 15 is 0 Å². The Morgan fingerprint density at radius 2 is 1.72 bits per heavy atom. The van der Waals surface area contributed by atoms with Crippen LogP contribution in [-0.2, 0) is 0 Å². The van der Waals surface area contributed by atoms with Gasteiger partial charge in [0.25, 0.3) is 0 Å². The summed E-state index contributed by atoms with van der Waals surface area (Å²) < 4.78 is 31.4. The summed E-state index contributed by atoms with van der Waals surface area (Å²) in [5, 5.41) is 0. The first-order valence-electron chi connectivity index (χ1n) is 5.26. The molecule has 0 saturated carbocycles. The highest BCUT2D eigenvalue weighted by Gasteiger charge is 2.16. The van der Waals surface area contributed by atoms with Gasteiger partial charge in [-0.05, 0) is 36.4 Å². The Hall–Kier alpha value is -2.23. The molecule has 0 fully saturated rings. The number of halogens is 2. The number of carbonyl (C=O) groups excluding carboxylic acids is 1. The van der Waals surface area contributed by atoms with Crippen LogP contribution in [0.2, 0.25) is 0 Å². The van der Waals surface area contributed by atoms with E-state index in [1.165, 1.54) is 37.4 Å². The van der Waals surface area contributed by atoms with Crippen LogP contribution >= 0.6 is 0 Å². The van der Waals surface area contributed by atoms with Crippen molar-refractivity contribution in [1.82, 2.24) is 0 Å². The molecule has 92 valence electrons. The molecule has 0 aliphatic rings. The molecule has 4 heteroatoms. The summed E-state index contributed by atoms with van der Waals surface area (Å²) in [6.45, 7) is 0. The summed E-state index contributed by atoms with van der Waals surface area (Å²) in [6, 6.07) is 9.27. The smallest absolute Gasteiger partial charge is 0.196 e. The molecule has 18 heavy (non-hydrogen) atoms. The van der Waals surface area contributed by atoms with Crippen LogP contribution in [-0.4, -0.2) is 12.9 Å². The first kappa shape index (κ1) is 12.2. The summed E-state index contributed by atoms with van der Waals surface area (Å²) in [5.41, 5.74) is 0.129. The van der Waals surface area contributed by atoms with Gasteiger partial charge < -0.3 is 4.74 Å².